The third-order valence-corrected chi connectivity index (χ3v) is 3.60. The zero-order chi connectivity index (χ0) is 10.6. The van der Waals surface area contributed by atoms with Crippen LogP contribution in [0.2, 0.25) is 10.0 Å². The molecular weight excluding hydrogens is 237 g/mol. The Labute approximate surface area is 98.0 Å². The third kappa shape index (κ3) is 3.42. The first-order valence-electron chi connectivity index (χ1n) is 4.11. The first kappa shape index (κ1) is 11.7. The van der Waals surface area contributed by atoms with Crippen molar-refractivity contribution >= 4 is 35.0 Å². The van der Waals surface area contributed by atoms with Gasteiger partial charge in [-0.05, 0) is 25.1 Å². The van der Waals surface area contributed by atoms with E-state index < -0.39 is 0 Å². The van der Waals surface area contributed by atoms with Gasteiger partial charge in [0.15, 0.2) is 0 Å². The fourth-order valence-corrected chi connectivity index (χ4v) is 2.07. The summed E-state index contributed by atoms with van der Waals surface area (Å²) in [4.78, 5) is 1.04. The van der Waals surface area contributed by atoms with Crippen LogP contribution in [0.1, 0.15) is 6.92 Å². The second-order valence-electron chi connectivity index (χ2n) is 2.92. The molecule has 4 heteroatoms. The number of halogens is 2. The van der Waals surface area contributed by atoms with Gasteiger partial charge in [-0.25, -0.2) is 0 Å². The van der Waals surface area contributed by atoms with E-state index in [-0.39, 0.29) is 5.92 Å². The molecule has 74 valence electrons. The highest BCUT2D eigenvalue weighted by atomic mass is 35.5. The molecule has 0 amide bonds. The molecule has 14 heavy (non-hydrogen) atoms. The summed E-state index contributed by atoms with van der Waals surface area (Å²) in [6.07, 6.45) is 0. The van der Waals surface area contributed by atoms with Gasteiger partial charge in [-0.3, -0.25) is 0 Å². The van der Waals surface area contributed by atoms with Gasteiger partial charge in [0, 0.05) is 10.6 Å². The molecule has 0 spiro atoms. The van der Waals surface area contributed by atoms with Gasteiger partial charge in [0.2, 0.25) is 0 Å². The molecule has 1 atom stereocenters. The molecular formula is C10H9Cl2NS. The minimum absolute atomic E-state index is 0.0504. The average molecular weight is 246 g/mol. The first-order valence-corrected chi connectivity index (χ1v) is 5.85. The Morgan fingerprint density at radius 2 is 2.14 bits per heavy atom. The van der Waals surface area contributed by atoms with Crippen LogP contribution < -0.4 is 0 Å². The van der Waals surface area contributed by atoms with Crippen LogP contribution in [0.4, 0.5) is 0 Å². The first-order chi connectivity index (χ1) is 6.63. The lowest BCUT2D eigenvalue weighted by Crippen LogP contribution is -1.92. The van der Waals surface area contributed by atoms with Crippen LogP contribution in [0.3, 0.4) is 0 Å². The van der Waals surface area contributed by atoms with Crippen molar-refractivity contribution in [3.63, 3.8) is 0 Å². The minimum atomic E-state index is 0.0504. The standard InChI is InChI=1S/C10H9Cl2NS/c1-7(5-13)6-14-8-2-3-9(11)10(12)4-8/h2-4,7H,6H2,1H3. The Morgan fingerprint density at radius 1 is 1.43 bits per heavy atom. The molecule has 0 N–H and O–H groups in total. The molecule has 1 nitrogen and oxygen atoms in total. The average Bonchev–Trinajstić information content (AvgIpc) is 2.19. The molecule has 0 bridgehead atoms. The van der Waals surface area contributed by atoms with Crippen molar-refractivity contribution in [2.75, 3.05) is 5.75 Å². The van der Waals surface area contributed by atoms with E-state index in [0.29, 0.717) is 10.0 Å². The van der Waals surface area contributed by atoms with Gasteiger partial charge >= 0.3 is 0 Å². The van der Waals surface area contributed by atoms with Crippen LogP contribution in [-0.4, -0.2) is 5.75 Å². The number of hydrogen-bond donors (Lipinski definition) is 0. The summed E-state index contributed by atoms with van der Waals surface area (Å²) in [5.41, 5.74) is 0. The zero-order valence-electron chi connectivity index (χ0n) is 7.63. The molecule has 1 aromatic carbocycles. The van der Waals surface area contributed by atoms with E-state index in [0.717, 1.165) is 10.6 Å². The highest BCUT2D eigenvalue weighted by Gasteiger charge is 2.03. The normalized spacial score (nSPS) is 12.1. The molecule has 0 fully saturated rings. The molecule has 0 saturated carbocycles. The Morgan fingerprint density at radius 3 is 2.71 bits per heavy atom. The monoisotopic (exact) mass is 245 g/mol. The van der Waals surface area contributed by atoms with Crippen LogP contribution in [0, 0.1) is 17.2 Å². The highest BCUT2D eigenvalue weighted by Crippen LogP contribution is 2.28. The lowest BCUT2D eigenvalue weighted by Gasteiger charge is -2.03. The van der Waals surface area contributed by atoms with E-state index in [9.17, 15) is 0 Å². The molecule has 0 aromatic heterocycles. The van der Waals surface area contributed by atoms with Crippen molar-refractivity contribution in [1.29, 1.82) is 5.26 Å². The van der Waals surface area contributed by atoms with E-state index in [4.69, 9.17) is 28.5 Å². The summed E-state index contributed by atoms with van der Waals surface area (Å²) in [5.74, 6) is 0.823. The van der Waals surface area contributed by atoms with Gasteiger partial charge in [0.25, 0.3) is 0 Å². The van der Waals surface area contributed by atoms with Gasteiger partial charge in [-0.15, -0.1) is 11.8 Å². The molecule has 0 radical (unpaired) electrons. The highest BCUT2D eigenvalue weighted by molar-refractivity contribution is 7.99. The predicted octanol–water partition coefficient (Wildman–Crippen LogP) is 4.25. The molecule has 0 saturated heterocycles. The maximum atomic E-state index is 8.60. The molecule has 0 aliphatic heterocycles. The number of hydrogen-bond acceptors (Lipinski definition) is 2. The summed E-state index contributed by atoms with van der Waals surface area (Å²) in [6.45, 7) is 1.89. The number of nitrogens with zero attached hydrogens (tertiary/aromatic N) is 1. The Hall–Kier alpha value is -0.360. The fourth-order valence-electron chi connectivity index (χ4n) is 0.825. The fraction of sp³-hybridized carbons (Fsp3) is 0.300. The summed E-state index contributed by atoms with van der Waals surface area (Å²) in [6, 6.07) is 7.67. The van der Waals surface area contributed by atoms with Crippen LogP contribution >= 0.6 is 35.0 Å². The Balaban J connectivity index is 2.61. The predicted molar refractivity (Wildman–Crippen MR) is 62.0 cm³/mol. The van der Waals surface area contributed by atoms with E-state index in [1.165, 1.54) is 0 Å². The van der Waals surface area contributed by atoms with Crippen molar-refractivity contribution in [2.24, 2.45) is 5.92 Å². The second kappa shape index (κ2) is 5.50. The SMILES string of the molecule is CC(C#N)CSc1ccc(Cl)c(Cl)c1. The maximum absolute atomic E-state index is 8.60. The van der Waals surface area contributed by atoms with Crippen molar-refractivity contribution < 1.29 is 0 Å². The van der Waals surface area contributed by atoms with Gasteiger partial charge in [-0.2, -0.15) is 5.26 Å². The van der Waals surface area contributed by atoms with Crippen LogP contribution in [0.5, 0.6) is 0 Å². The van der Waals surface area contributed by atoms with E-state index in [1.807, 2.05) is 19.1 Å². The number of thioether (sulfide) groups is 1. The largest absolute Gasteiger partial charge is 0.198 e. The van der Waals surface area contributed by atoms with Crippen molar-refractivity contribution in [1.82, 2.24) is 0 Å². The lowest BCUT2D eigenvalue weighted by atomic mass is 10.3. The van der Waals surface area contributed by atoms with E-state index in [1.54, 1.807) is 17.8 Å². The van der Waals surface area contributed by atoms with Gasteiger partial charge in [0.1, 0.15) is 0 Å². The summed E-state index contributed by atoms with van der Waals surface area (Å²) in [5, 5.41) is 9.72. The van der Waals surface area contributed by atoms with Gasteiger partial charge in [-0.1, -0.05) is 23.2 Å². The minimum Gasteiger partial charge on any atom is -0.198 e. The Kier molecular flexibility index (Phi) is 4.60. The van der Waals surface area contributed by atoms with Crippen molar-refractivity contribution in [3.8, 4) is 6.07 Å². The maximum Gasteiger partial charge on any atom is 0.0661 e. The number of nitriles is 1. The molecule has 1 unspecified atom stereocenters. The van der Waals surface area contributed by atoms with Gasteiger partial charge in [0.05, 0.1) is 22.0 Å². The zero-order valence-corrected chi connectivity index (χ0v) is 9.96. The quantitative estimate of drug-likeness (QED) is 0.744. The number of benzene rings is 1. The summed E-state index contributed by atoms with van der Waals surface area (Å²) < 4.78 is 0. The third-order valence-electron chi connectivity index (χ3n) is 1.61. The molecule has 0 heterocycles. The summed E-state index contributed by atoms with van der Waals surface area (Å²) in [7, 11) is 0. The van der Waals surface area contributed by atoms with Crippen molar-refractivity contribution in [2.45, 2.75) is 11.8 Å². The lowest BCUT2D eigenvalue weighted by molar-refractivity contribution is 0.864. The van der Waals surface area contributed by atoms with Crippen molar-refractivity contribution in [3.05, 3.63) is 28.2 Å². The summed E-state index contributed by atoms with van der Waals surface area (Å²) >= 11 is 13.2. The Bertz CT molecular complexity index is 360. The van der Waals surface area contributed by atoms with Crippen LogP contribution in [0.15, 0.2) is 23.1 Å². The molecule has 0 aliphatic rings. The topological polar surface area (TPSA) is 23.8 Å². The second-order valence-corrected chi connectivity index (χ2v) is 4.82. The van der Waals surface area contributed by atoms with Crippen LogP contribution in [-0.2, 0) is 0 Å². The number of rotatable bonds is 3. The molecule has 0 aliphatic carbocycles. The molecule has 1 aromatic rings. The van der Waals surface area contributed by atoms with E-state index in [2.05, 4.69) is 6.07 Å². The smallest absolute Gasteiger partial charge is 0.0661 e. The van der Waals surface area contributed by atoms with Crippen LogP contribution in [0.25, 0.3) is 0 Å². The molecule has 1 rings (SSSR count). The van der Waals surface area contributed by atoms with Gasteiger partial charge < -0.3 is 0 Å². The van der Waals surface area contributed by atoms with E-state index >= 15 is 0 Å².